The number of nitrogens with one attached hydrogen (secondary N) is 1. The van der Waals surface area contributed by atoms with E-state index < -0.39 is 17.6 Å². The Balaban J connectivity index is 1.63. The van der Waals surface area contributed by atoms with E-state index in [-0.39, 0.29) is 17.1 Å². The van der Waals surface area contributed by atoms with Crippen molar-refractivity contribution in [2.75, 3.05) is 7.11 Å². The molecule has 3 aromatic rings. The minimum Gasteiger partial charge on any atom is -0.507 e. The van der Waals surface area contributed by atoms with Crippen LogP contribution < -0.4 is 14.8 Å². The summed E-state index contributed by atoms with van der Waals surface area (Å²) in [5.41, 5.74) is 0.425. The average Bonchev–Trinajstić information content (AvgIpc) is 3.12. The number of rotatable bonds is 8. The van der Waals surface area contributed by atoms with E-state index in [1.165, 1.54) is 26.2 Å². The molecule has 0 bridgehead atoms. The Hall–Kier alpha value is -4.33. The molecule has 2 N–H and O–H groups in total. The summed E-state index contributed by atoms with van der Waals surface area (Å²) in [7, 11) is 1.48. The fourth-order valence-electron chi connectivity index (χ4n) is 3.91. The first kappa shape index (κ1) is 23.8. The zero-order chi connectivity index (χ0) is 25.2. The summed E-state index contributed by atoms with van der Waals surface area (Å²) < 4.78 is 16.4. The van der Waals surface area contributed by atoms with Crippen molar-refractivity contribution in [3.8, 4) is 23.0 Å². The lowest BCUT2D eigenvalue weighted by Crippen LogP contribution is -2.33. The third-order valence-corrected chi connectivity index (χ3v) is 5.85. The summed E-state index contributed by atoms with van der Waals surface area (Å²) in [4.78, 5) is 36.8. The number of aryl methyl sites for hydroxylation is 1. The second-order valence-electron chi connectivity index (χ2n) is 8.29. The number of methoxy groups -OCH3 is 1. The monoisotopic (exact) mass is 475 g/mol. The van der Waals surface area contributed by atoms with Crippen molar-refractivity contribution >= 4 is 17.8 Å². The summed E-state index contributed by atoms with van der Waals surface area (Å²) in [5.74, 6) is 0.430. The highest BCUT2D eigenvalue weighted by Gasteiger charge is 2.46. The molecular formula is C27H25NO7. The van der Waals surface area contributed by atoms with Gasteiger partial charge >= 0.3 is 6.09 Å². The minimum atomic E-state index is -1.45. The number of alkyl carbamates (subject to hydrolysis) is 1. The highest BCUT2D eigenvalue weighted by atomic mass is 16.6. The molecule has 3 aromatic carbocycles. The molecule has 1 aliphatic heterocycles. The predicted molar refractivity (Wildman–Crippen MR) is 127 cm³/mol. The Labute approximate surface area is 202 Å². The molecule has 35 heavy (non-hydrogen) atoms. The molecule has 0 aromatic heterocycles. The molecule has 0 spiro atoms. The van der Waals surface area contributed by atoms with Gasteiger partial charge in [-0.25, -0.2) is 4.79 Å². The predicted octanol–water partition coefficient (Wildman–Crippen LogP) is 4.86. The number of ether oxygens (including phenoxy) is 3. The van der Waals surface area contributed by atoms with E-state index in [4.69, 9.17) is 14.2 Å². The highest BCUT2D eigenvalue weighted by Crippen LogP contribution is 2.35. The molecule has 1 aliphatic rings. The number of carbonyl (C=O) groups is 3. The Morgan fingerprint density at radius 2 is 1.86 bits per heavy atom. The molecular weight excluding hydrogens is 450 g/mol. The highest BCUT2D eigenvalue weighted by molar-refractivity contribution is 6.11. The molecule has 8 heteroatoms. The number of aromatic hydroxyl groups is 1. The fraction of sp³-hybridized carbons (Fsp3) is 0.222. The molecule has 1 heterocycles. The first-order chi connectivity index (χ1) is 16.7. The minimum absolute atomic E-state index is 0.159. The average molecular weight is 475 g/mol. The number of amides is 2. The number of carbonyl (C=O) groups excluding carboxylic acids is 3. The molecule has 1 atom stereocenters. The van der Waals surface area contributed by atoms with Crippen LogP contribution in [0.4, 0.5) is 4.79 Å². The van der Waals surface area contributed by atoms with E-state index >= 15 is 0 Å². The van der Waals surface area contributed by atoms with Crippen LogP contribution in [-0.4, -0.2) is 30.0 Å². The van der Waals surface area contributed by atoms with Crippen LogP contribution in [0.5, 0.6) is 23.0 Å². The second kappa shape index (κ2) is 9.50. The van der Waals surface area contributed by atoms with E-state index in [9.17, 15) is 19.5 Å². The van der Waals surface area contributed by atoms with Crippen molar-refractivity contribution < 1.29 is 33.7 Å². The third kappa shape index (κ3) is 4.68. The van der Waals surface area contributed by atoms with Gasteiger partial charge < -0.3 is 19.3 Å². The van der Waals surface area contributed by atoms with Crippen molar-refractivity contribution in [3.63, 3.8) is 0 Å². The van der Waals surface area contributed by atoms with Crippen LogP contribution in [0.3, 0.4) is 0 Å². The molecule has 1 fully saturated rings. The van der Waals surface area contributed by atoms with Crippen LogP contribution >= 0.6 is 0 Å². The number of ketones is 1. The van der Waals surface area contributed by atoms with Gasteiger partial charge in [-0.05, 0) is 61.4 Å². The SMILES string of the molecule is CCCc1cc(C(=O)c2ccc(OC)cc2O)ccc1Oc1cccc([C@@]2(C)OC(=O)NC2=O)c1. The maximum atomic E-state index is 13.1. The Bertz CT molecular complexity index is 1320. The number of cyclic esters (lactones) is 1. The Morgan fingerprint density at radius 1 is 1.06 bits per heavy atom. The lowest BCUT2D eigenvalue weighted by atomic mass is 9.95. The van der Waals surface area contributed by atoms with Gasteiger partial charge in [0.2, 0.25) is 5.60 Å². The number of hydrogen-bond acceptors (Lipinski definition) is 7. The van der Waals surface area contributed by atoms with Crippen LogP contribution in [0.2, 0.25) is 0 Å². The van der Waals surface area contributed by atoms with Crippen molar-refractivity contribution in [1.29, 1.82) is 0 Å². The van der Waals surface area contributed by atoms with E-state index in [2.05, 4.69) is 5.32 Å². The van der Waals surface area contributed by atoms with Crippen molar-refractivity contribution in [1.82, 2.24) is 5.32 Å². The molecule has 0 radical (unpaired) electrons. The number of hydrogen-bond donors (Lipinski definition) is 2. The van der Waals surface area contributed by atoms with Crippen molar-refractivity contribution in [2.24, 2.45) is 0 Å². The summed E-state index contributed by atoms with van der Waals surface area (Å²) in [5, 5.41) is 12.4. The van der Waals surface area contributed by atoms with E-state index in [1.807, 2.05) is 6.92 Å². The third-order valence-electron chi connectivity index (χ3n) is 5.85. The fourth-order valence-corrected chi connectivity index (χ4v) is 3.91. The van der Waals surface area contributed by atoms with Gasteiger partial charge in [-0.15, -0.1) is 0 Å². The topological polar surface area (TPSA) is 111 Å². The molecule has 0 saturated carbocycles. The number of phenols is 1. The number of phenolic OH excluding ortho intramolecular Hbond substituents is 1. The summed E-state index contributed by atoms with van der Waals surface area (Å²) >= 11 is 0. The van der Waals surface area contributed by atoms with Gasteiger partial charge in [-0.1, -0.05) is 25.5 Å². The number of benzene rings is 3. The van der Waals surface area contributed by atoms with Crippen LogP contribution in [0.15, 0.2) is 60.7 Å². The lowest BCUT2D eigenvalue weighted by Gasteiger charge is -2.20. The number of imide groups is 1. The Kier molecular flexibility index (Phi) is 6.46. The van der Waals surface area contributed by atoms with Gasteiger partial charge in [0.25, 0.3) is 5.91 Å². The first-order valence-corrected chi connectivity index (χ1v) is 11.1. The molecule has 0 aliphatic carbocycles. The first-order valence-electron chi connectivity index (χ1n) is 11.1. The van der Waals surface area contributed by atoms with E-state index in [1.54, 1.807) is 48.5 Å². The standard InChI is InChI=1S/C27H25NO7/c1-4-6-16-13-17(24(30)21-11-10-19(33-3)15-22(21)29)9-12-23(16)34-20-8-5-7-18(14-20)27(2)25(31)28-26(32)35-27/h5,7-15,29H,4,6H2,1-3H3,(H,28,31,32)/t27-/m1/s1. The maximum Gasteiger partial charge on any atom is 0.415 e. The molecule has 0 unspecified atom stereocenters. The molecule has 4 rings (SSSR count). The van der Waals surface area contributed by atoms with Gasteiger partial charge in [-0.3, -0.25) is 14.9 Å². The van der Waals surface area contributed by atoms with Crippen LogP contribution in [0.25, 0.3) is 0 Å². The molecule has 180 valence electrons. The summed E-state index contributed by atoms with van der Waals surface area (Å²) in [6, 6.07) is 16.4. The maximum absolute atomic E-state index is 13.1. The summed E-state index contributed by atoms with van der Waals surface area (Å²) in [6.07, 6.45) is 0.676. The molecule has 8 nitrogen and oxygen atoms in total. The molecule has 2 amide bonds. The van der Waals surface area contributed by atoms with Crippen molar-refractivity contribution in [3.05, 3.63) is 82.9 Å². The second-order valence-corrected chi connectivity index (χ2v) is 8.29. The van der Waals surface area contributed by atoms with Crippen LogP contribution in [-0.2, 0) is 21.6 Å². The van der Waals surface area contributed by atoms with Gasteiger partial charge in [0.05, 0.1) is 12.7 Å². The smallest absolute Gasteiger partial charge is 0.415 e. The van der Waals surface area contributed by atoms with Crippen LogP contribution in [0.1, 0.15) is 47.3 Å². The largest absolute Gasteiger partial charge is 0.507 e. The quantitative estimate of drug-likeness (QED) is 0.448. The lowest BCUT2D eigenvalue weighted by molar-refractivity contribution is -0.130. The van der Waals surface area contributed by atoms with Gasteiger partial charge in [0.1, 0.15) is 23.0 Å². The van der Waals surface area contributed by atoms with E-state index in [0.717, 1.165) is 12.0 Å². The van der Waals surface area contributed by atoms with E-state index in [0.29, 0.717) is 34.8 Å². The van der Waals surface area contributed by atoms with Gasteiger partial charge in [0, 0.05) is 17.2 Å². The van der Waals surface area contributed by atoms with Gasteiger partial charge in [-0.2, -0.15) is 0 Å². The zero-order valence-corrected chi connectivity index (χ0v) is 19.6. The van der Waals surface area contributed by atoms with Crippen LogP contribution in [0, 0.1) is 0 Å². The molecule has 1 saturated heterocycles. The van der Waals surface area contributed by atoms with Gasteiger partial charge in [0.15, 0.2) is 5.78 Å². The zero-order valence-electron chi connectivity index (χ0n) is 19.6. The van der Waals surface area contributed by atoms with Crippen molar-refractivity contribution in [2.45, 2.75) is 32.3 Å². The summed E-state index contributed by atoms with van der Waals surface area (Å²) in [6.45, 7) is 3.53. The Morgan fingerprint density at radius 3 is 2.51 bits per heavy atom. The normalized spacial score (nSPS) is 17.0.